The fraction of sp³-hybridized carbons (Fsp3) is 0.364. The van der Waals surface area contributed by atoms with Gasteiger partial charge in [0.2, 0.25) is 15.9 Å². The zero-order valence-corrected chi connectivity index (χ0v) is 18.1. The van der Waals surface area contributed by atoms with Crippen molar-refractivity contribution in [2.45, 2.75) is 44.6 Å². The number of carbonyl (C=O) groups is 1. The monoisotopic (exact) mass is 426 g/mol. The summed E-state index contributed by atoms with van der Waals surface area (Å²) in [6, 6.07) is 10.9. The van der Waals surface area contributed by atoms with Gasteiger partial charge in [-0.05, 0) is 62.1 Å². The van der Waals surface area contributed by atoms with Gasteiger partial charge in [0.1, 0.15) is 0 Å². The van der Waals surface area contributed by atoms with Gasteiger partial charge in [-0.3, -0.25) is 4.79 Å². The van der Waals surface area contributed by atoms with Gasteiger partial charge in [0.25, 0.3) is 0 Å². The Labute approximate surface area is 176 Å². The summed E-state index contributed by atoms with van der Waals surface area (Å²) >= 11 is 0. The van der Waals surface area contributed by atoms with E-state index in [1.165, 1.54) is 4.31 Å². The molecule has 1 saturated heterocycles. The summed E-state index contributed by atoms with van der Waals surface area (Å²) in [6.07, 6.45) is 3.76. The Morgan fingerprint density at radius 3 is 2.67 bits per heavy atom. The molecule has 2 heterocycles. The molecule has 0 aliphatic carbocycles. The molecule has 7 nitrogen and oxygen atoms in total. The van der Waals surface area contributed by atoms with Crippen LogP contribution in [0.2, 0.25) is 0 Å². The molecular formula is C22H26N4O3S. The van der Waals surface area contributed by atoms with E-state index in [9.17, 15) is 13.2 Å². The first-order valence-corrected chi connectivity index (χ1v) is 11.6. The van der Waals surface area contributed by atoms with Crippen molar-refractivity contribution in [1.82, 2.24) is 13.9 Å². The molecule has 4 rings (SSSR count). The summed E-state index contributed by atoms with van der Waals surface area (Å²) in [4.78, 5) is 17.0. The lowest BCUT2D eigenvalue weighted by Crippen LogP contribution is -2.27. The topological polar surface area (TPSA) is 84.3 Å². The molecular weight excluding hydrogens is 400 g/mol. The molecule has 2 aromatic carbocycles. The van der Waals surface area contributed by atoms with Crippen molar-refractivity contribution in [2.24, 2.45) is 0 Å². The van der Waals surface area contributed by atoms with E-state index in [2.05, 4.69) is 10.3 Å². The van der Waals surface area contributed by atoms with Gasteiger partial charge in [0, 0.05) is 31.7 Å². The SMILES string of the molecule is Cc1cccc(NC(=O)CCn2cnc3cc(S(=O)(=O)N4CCCC4)ccc32)c1C. The van der Waals surface area contributed by atoms with Gasteiger partial charge in [-0.15, -0.1) is 0 Å². The molecule has 1 aliphatic rings. The summed E-state index contributed by atoms with van der Waals surface area (Å²) in [5.74, 6) is -0.0706. The average molecular weight is 427 g/mol. The van der Waals surface area contributed by atoms with Crippen LogP contribution in [0.25, 0.3) is 11.0 Å². The Bertz CT molecular complexity index is 1190. The molecule has 0 bridgehead atoms. The highest BCUT2D eigenvalue weighted by molar-refractivity contribution is 7.89. The van der Waals surface area contributed by atoms with Crippen LogP contribution in [0.5, 0.6) is 0 Å². The quantitative estimate of drug-likeness (QED) is 0.654. The first-order chi connectivity index (χ1) is 14.4. The molecule has 0 spiro atoms. The fourth-order valence-corrected chi connectivity index (χ4v) is 5.32. The lowest BCUT2D eigenvalue weighted by Gasteiger charge is -2.15. The van der Waals surface area contributed by atoms with E-state index in [1.54, 1.807) is 24.5 Å². The third kappa shape index (κ3) is 3.97. The molecule has 8 heteroatoms. The minimum absolute atomic E-state index is 0.0706. The van der Waals surface area contributed by atoms with Crippen LogP contribution in [-0.2, 0) is 21.4 Å². The normalized spacial score (nSPS) is 15.0. The number of hydrogen-bond donors (Lipinski definition) is 1. The molecule has 0 saturated carbocycles. The molecule has 0 atom stereocenters. The predicted octanol–water partition coefficient (Wildman–Crippen LogP) is 3.47. The van der Waals surface area contributed by atoms with Gasteiger partial charge >= 0.3 is 0 Å². The maximum atomic E-state index is 12.8. The molecule has 0 radical (unpaired) electrons. The van der Waals surface area contributed by atoms with Crippen LogP contribution in [0.15, 0.2) is 47.6 Å². The Balaban J connectivity index is 1.46. The number of aromatic nitrogens is 2. The van der Waals surface area contributed by atoms with Crippen LogP contribution in [0.4, 0.5) is 5.69 Å². The molecule has 1 N–H and O–H groups in total. The van der Waals surface area contributed by atoms with Crippen molar-refractivity contribution in [3.05, 3.63) is 53.9 Å². The molecule has 30 heavy (non-hydrogen) atoms. The number of carbonyl (C=O) groups excluding carboxylic acids is 1. The standard InChI is InChI=1S/C22H26N4O3S/c1-16-6-5-7-19(17(16)2)24-22(27)10-13-25-15-23-20-14-18(8-9-21(20)25)30(28,29)26-11-3-4-12-26/h5-9,14-15H,3-4,10-13H2,1-2H3,(H,24,27). The van der Waals surface area contributed by atoms with Crippen LogP contribution in [-0.4, -0.2) is 41.3 Å². The summed E-state index contributed by atoms with van der Waals surface area (Å²) in [5, 5.41) is 2.96. The van der Waals surface area contributed by atoms with Gasteiger partial charge in [-0.1, -0.05) is 12.1 Å². The van der Waals surface area contributed by atoms with E-state index in [4.69, 9.17) is 0 Å². The predicted molar refractivity (Wildman–Crippen MR) is 117 cm³/mol. The lowest BCUT2D eigenvalue weighted by atomic mass is 10.1. The second-order valence-electron chi connectivity index (χ2n) is 7.75. The van der Waals surface area contributed by atoms with E-state index >= 15 is 0 Å². The van der Waals surface area contributed by atoms with E-state index in [0.29, 0.717) is 31.6 Å². The van der Waals surface area contributed by atoms with Crippen molar-refractivity contribution >= 4 is 32.7 Å². The van der Waals surface area contributed by atoms with E-state index < -0.39 is 10.0 Å². The van der Waals surface area contributed by atoms with Crippen LogP contribution in [0, 0.1) is 13.8 Å². The third-order valence-electron chi connectivity index (χ3n) is 5.75. The highest BCUT2D eigenvalue weighted by Gasteiger charge is 2.27. The lowest BCUT2D eigenvalue weighted by molar-refractivity contribution is -0.116. The number of aryl methyl sites for hydroxylation is 2. The number of anilines is 1. The largest absolute Gasteiger partial charge is 0.330 e. The molecule has 1 amide bonds. The number of sulfonamides is 1. The average Bonchev–Trinajstić information content (AvgIpc) is 3.40. The van der Waals surface area contributed by atoms with Crippen LogP contribution >= 0.6 is 0 Å². The highest BCUT2D eigenvalue weighted by Crippen LogP contribution is 2.24. The number of amides is 1. The first-order valence-electron chi connectivity index (χ1n) is 10.2. The van der Waals surface area contributed by atoms with Crippen molar-refractivity contribution < 1.29 is 13.2 Å². The zero-order chi connectivity index (χ0) is 21.3. The first kappa shape index (κ1) is 20.6. The number of hydrogen-bond acceptors (Lipinski definition) is 4. The molecule has 1 aromatic heterocycles. The minimum Gasteiger partial charge on any atom is -0.330 e. The second-order valence-corrected chi connectivity index (χ2v) is 9.68. The second kappa shape index (κ2) is 8.20. The number of imidazole rings is 1. The van der Waals surface area contributed by atoms with Gasteiger partial charge in [-0.25, -0.2) is 13.4 Å². The van der Waals surface area contributed by atoms with Crippen molar-refractivity contribution in [3.63, 3.8) is 0 Å². The molecule has 1 fully saturated rings. The summed E-state index contributed by atoms with van der Waals surface area (Å²) in [5.41, 5.74) is 4.45. The molecule has 0 unspecified atom stereocenters. The van der Waals surface area contributed by atoms with E-state index in [0.717, 1.165) is 35.2 Å². The van der Waals surface area contributed by atoms with E-state index in [1.807, 2.05) is 36.6 Å². The summed E-state index contributed by atoms with van der Waals surface area (Å²) in [6.45, 7) is 5.61. The number of nitrogens with zero attached hydrogens (tertiary/aromatic N) is 3. The van der Waals surface area contributed by atoms with Gasteiger partial charge in [0.05, 0.1) is 22.3 Å². The van der Waals surface area contributed by atoms with Crippen molar-refractivity contribution in [3.8, 4) is 0 Å². The summed E-state index contributed by atoms with van der Waals surface area (Å²) in [7, 11) is -3.47. The molecule has 3 aromatic rings. The maximum absolute atomic E-state index is 12.8. The van der Waals surface area contributed by atoms with Crippen LogP contribution in [0.1, 0.15) is 30.4 Å². The molecule has 158 valence electrons. The highest BCUT2D eigenvalue weighted by atomic mass is 32.2. The van der Waals surface area contributed by atoms with Crippen LogP contribution < -0.4 is 5.32 Å². The van der Waals surface area contributed by atoms with Crippen LogP contribution in [0.3, 0.4) is 0 Å². The van der Waals surface area contributed by atoms with E-state index in [-0.39, 0.29) is 10.8 Å². The van der Waals surface area contributed by atoms with Crippen molar-refractivity contribution in [2.75, 3.05) is 18.4 Å². The Morgan fingerprint density at radius 2 is 1.90 bits per heavy atom. The maximum Gasteiger partial charge on any atom is 0.243 e. The number of nitrogens with one attached hydrogen (secondary N) is 1. The Morgan fingerprint density at radius 1 is 1.13 bits per heavy atom. The Kier molecular flexibility index (Phi) is 5.62. The van der Waals surface area contributed by atoms with Gasteiger partial charge in [0.15, 0.2) is 0 Å². The molecule has 1 aliphatic heterocycles. The summed E-state index contributed by atoms with van der Waals surface area (Å²) < 4.78 is 28.9. The fourth-order valence-electron chi connectivity index (χ4n) is 3.78. The number of fused-ring (bicyclic) bond motifs is 1. The minimum atomic E-state index is -3.47. The zero-order valence-electron chi connectivity index (χ0n) is 17.3. The smallest absolute Gasteiger partial charge is 0.243 e. The number of benzene rings is 2. The van der Waals surface area contributed by atoms with Crippen molar-refractivity contribution in [1.29, 1.82) is 0 Å². The van der Waals surface area contributed by atoms with Gasteiger partial charge < -0.3 is 9.88 Å². The van der Waals surface area contributed by atoms with Gasteiger partial charge in [-0.2, -0.15) is 4.31 Å². The number of rotatable bonds is 6. The third-order valence-corrected chi connectivity index (χ3v) is 7.65. The Hall–Kier alpha value is -2.71.